The summed E-state index contributed by atoms with van der Waals surface area (Å²) in [6.45, 7) is 2.73. The molecule has 0 aliphatic carbocycles. The van der Waals surface area contributed by atoms with Crippen molar-refractivity contribution in [1.29, 1.82) is 0 Å². The summed E-state index contributed by atoms with van der Waals surface area (Å²) >= 11 is 3.39. The van der Waals surface area contributed by atoms with Crippen molar-refractivity contribution in [1.82, 2.24) is 4.90 Å². The summed E-state index contributed by atoms with van der Waals surface area (Å²) in [5.74, 6) is -0.811. The van der Waals surface area contributed by atoms with Gasteiger partial charge in [-0.25, -0.2) is 0 Å². The molecule has 1 aromatic carbocycles. The average Bonchev–Trinajstić information content (AvgIpc) is 3.27. The van der Waals surface area contributed by atoms with Gasteiger partial charge in [0.1, 0.15) is 0 Å². The zero-order chi connectivity index (χ0) is 18.5. The summed E-state index contributed by atoms with van der Waals surface area (Å²) in [5, 5.41) is 17.5. The number of carboxylic acid groups (broad SMARTS) is 1. The van der Waals surface area contributed by atoms with Gasteiger partial charge in [0, 0.05) is 6.54 Å². The number of likely N-dealkylation sites (N-methyl/N-ethyl adjacent to an activating group) is 1. The molecule has 0 amide bonds. The van der Waals surface area contributed by atoms with Crippen molar-refractivity contribution < 1.29 is 9.90 Å². The minimum absolute atomic E-state index is 0.0312. The van der Waals surface area contributed by atoms with E-state index < -0.39 is 5.97 Å². The largest absolute Gasteiger partial charge is 0.480 e. The van der Waals surface area contributed by atoms with Crippen molar-refractivity contribution >= 4 is 34.2 Å². The van der Waals surface area contributed by atoms with Crippen LogP contribution in [0.1, 0.15) is 16.7 Å². The molecule has 2 aromatic heterocycles. The van der Waals surface area contributed by atoms with E-state index >= 15 is 0 Å². The van der Waals surface area contributed by atoms with Gasteiger partial charge in [-0.15, -0.1) is 0 Å². The van der Waals surface area contributed by atoms with Crippen molar-refractivity contribution in [3.63, 3.8) is 0 Å². The Morgan fingerprint density at radius 1 is 1.08 bits per heavy atom. The molecule has 0 atom stereocenters. The first kappa shape index (κ1) is 18.6. The number of thiophene rings is 2. The van der Waals surface area contributed by atoms with E-state index in [4.69, 9.17) is 5.11 Å². The fourth-order valence-electron chi connectivity index (χ4n) is 2.83. The lowest BCUT2D eigenvalue weighted by Crippen LogP contribution is -2.25. The standard InChI is InChI=1S/C21H21NO2S2/c1-15-12-26-14-20(15)19(7-9-22(2)11-21(23)24)17-5-3-16(4-6-17)18-8-10-25-13-18/h3-8,10,12-14H,9,11H2,1-2H3,(H,23,24). The van der Waals surface area contributed by atoms with Gasteiger partial charge in [-0.2, -0.15) is 22.7 Å². The number of rotatable bonds is 7. The van der Waals surface area contributed by atoms with Crippen LogP contribution in [-0.2, 0) is 4.79 Å². The molecular formula is C21H21NO2S2. The van der Waals surface area contributed by atoms with Crippen molar-refractivity contribution in [3.8, 4) is 11.1 Å². The van der Waals surface area contributed by atoms with Gasteiger partial charge in [0.05, 0.1) is 6.54 Å². The van der Waals surface area contributed by atoms with Crippen molar-refractivity contribution in [2.45, 2.75) is 6.92 Å². The molecule has 0 bridgehead atoms. The molecule has 0 unspecified atom stereocenters. The molecule has 0 aliphatic heterocycles. The maximum Gasteiger partial charge on any atom is 0.317 e. The molecule has 0 saturated carbocycles. The lowest BCUT2D eigenvalue weighted by molar-refractivity contribution is -0.137. The molecule has 3 rings (SSSR count). The highest BCUT2D eigenvalue weighted by molar-refractivity contribution is 7.08. The molecule has 0 saturated heterocycles. The van der Waals surface area contributed by atoms with E-state index in [0.717, 1.165) is 11.1 Å². The molecule has 5 heteroatoms. The van der Waals surface area contributed by atoms with Crippen LogP contribution >= 0.6 is 22.7 Å². The van der Waals surface area contributed by atoms with Crippen LogP contribution in [0.5, 0.6) is 0 Å². The number of carboxylic acids is 1. The van der Waals surface area contributed by atoms with E-state index in [0.29, 0.717) is 6.54 Å². The highest BCUT2D eigenvalue weighted by atomic mass is 32.1. The molecule has 2 heterocycles. The van der Waals surface area contributed by atoms with Gasteiger partial charge in [-0.05, 0) is 74.9 Å². The summed E-state index contributed by atoms with van der Waals surface area (Å²) in [6, 6.07) is 10.7. The third-order valence-electron chi connectivity index (χ3n) is 4.21. The van der Waals surface area contributed by atoms with Gasteiger partial charge < -0.3 is 5.11 Å². The molecule has 3 nitrogen and oxygen atoms in total. The van der Waals surface area contributed by atoms with E-state index in [9.17, 15) is 4.79 Å². The first-order valence-electron chi connectivity index (χ1n) is 8.31. The van der Waals surface area contributed by atoms with Crippen LogP contribution in [0.2, 0.25) is 0 Å². The Kier molecular flexibility index (Phi) is 6.04. The smallest absolute Gasteiger partial charge is 0.317 e. The molecule has 0 aliphatic rings. The summed E-state index contributed by atoms with van der Waals surface area (Å²) in [4.78, 5) is 12.7. The minimum atomic E-state index is -0.811. The van der Waals surface area contributed by atoms with Gasteiger partial charge in [-0.3, -0.25) is 9.69 Å². The topological polar surface area (TPSA) is 40.5 Å². The van der Waals surface area contributed by atoms with E-state index in [-0.39, 0.29) is 6.54 Å². The quantitative estimate of drug-likeness (QED) is 0.607. The molecule has 134 valence electrons. The summed E-state index contributed by atoms with van der Waals surface area (Å²) in [7, 11) is 1.82. The number of aryl methyl sites for hydroxylation is 1. The van der Waals surface area contributed by atoms with Gasteiger partial charge >= 0.3 is 5.97 Å². The number of carbonyl (C=O) groups is 1. The summed E-state index contributed by atoms with van der Waals surface area (Å²) in [5.41, 5.74) is 7.19. The van der Waals surface area contributed by atoms with E-state index in [1.165, 1.54) is 22.3 Å². The SMILES string of the molecule is Cc1cscc1C(=CCN(C)CC(=O)O)c1ccc(-c2ccsc2)cc1. The zero-order valence-corrected chi connectivity index (χ0v) is 16.4. The highest BCUT2D eigenvalue weighted by Crippen LogP contribution is 2.31. The predicted molar refractivity (Wildman–Crippen MR) is 111 cm³/mol. The van der Waals surface area contributed by atoms with Gasteiger partial charge in [0.15, 0.2) is 0 Å². The first-order chi connectivity index (χ1) is 12.5. The maximum absolute atomic E-state index is 10.9. The molecular weight excluding hydrogens is 362 g/mol. The first-order valence-corrected chi connectivity index (χ1v) is 10.2. The van der Waals surface area contributed by atoms with Gasteiger partial charge in [0.2, 0.25) is 0 Å². The van der Waals surface area contributed by atoms with Crippen LogP contribution < -0.4 is 0 Å². The van der Waals surface area contributed by atoms with Crippen LogP contribution in [0.15, 0.2) is 57.9 Å². The van der Waals surface area contributed by atoms with Crippen molar-refractivity contribution in [2.75, 3.05) is 20.1 Å². The van der Waals surface area contributed by atoms with E-state index in [1.54, 1.807) is 27.6 Å². The lowest BCUT2D eigenvalue weighted by atomic mass is 9.95. The van der Waals surface area contributed by atoms with Gasteiger partial charge in [-0.1, -0.05) is 30.3 Å². The fourth-order valence-corrected chi connectivity index (χ4v) is 4.35. The Balaban J connectivity index is 1.90. The minimum Gasteiger partial charge on any atom is -0.480 e. The monoisotopic (exact) mass is 383 g/mol. The number of hydrogen-bond donors (Lipinski definition) is 1. The Morgan fingerprint density at radius 3 is 2.42 bits per heavy atom. The normalized spacial score (nSPS) is 11.9. The Bertz CT molecular complexity index is 893. The number of nitrogens with zero attached hydrogens (tertiary/aromatic N) is 1. The fraction of sp³-hybridized carbons (Fsp3) is 0.190. The van der Waals surface area contributed by atoms with Crippen LogP contribution in [0, 0.1) is 6.92 Å². The second-order valence-electron chi connectivity index (χ2n) is 6.27. The highest BCUT2D eigenvalue weighted by Gasteiger charge is 2.11. The zero-order valence-electron chi connectivity index (χ0n) is 14.8. The maximum atomic E-state index is 10.9. The molecule has 1 N–H and O–H groups in total. The van der Waals surface area contributed by atoms with Crippen LogP contribution in [-0.4, -0.2) is 36.1 Å². The molecule has 26 heavy (non-hydrogen) atoms. The molecule has 3 aromatic rings. The second kappa shape index (κ2) is 8.45. The third-order valence-corrected chi connectivity index (χ3v) is 5.75. The summed E-state index contributed by atoms with van der Waals surface area (Å²) < 4.78 is 0. The number of aliphatic carboxylic acids is 1. The molecule has 0 radical (unpaired) electrons. The Hall–Kier alpha value is -2.21. The van der Waals surface area contributed by atoms with E-state index in [1.807, 2.05) is 7.05 Å². The van der Waals surface area contributed by atoms with Crippen molar-refractivity contribution in [3.05, 3.63) is 74.6 Å². The summed E-state index contributed by atoms with van der Waals surface area (Å²) in [6.07, 6.45) is 2.12. The lowest BCUT2D eigenvalue weighted by Gasteiger charge is -2.14. The average molecular weight is 384 g/mol. The molecule has 0 fully saturated rings. The van der Waals surface area contributed by atoms with Crippen LogP contribution in [0.25, 0.3) is 16.7 Å². The molecule has 0 spiro atoms. The van der Waals surface area contributed by atoms with E-state index in [2.05, 4.69) is 64.9 Å². The Labute approximate surface area is 161 Å². The second-order valence-corrected chi connectivity index (χ2v) is 7.79. The number of benzene rings is 1. The van der Waals surface area contributed by atoms with Crippen molar-refractivity contribution in [2.24, 2.45) is 0 Å². The van der Waals surface area contributed by atoms with Gasteiger partial charge in [0.25, 0.3) is 0 Å². The number of hydrogen-bond acceptors (Lipinski definition) is 4. The third kappa shape index (κ3) is 4.49. The van der Waals surface area contributed by atoms with Crippen LogP contribution in [0.3, 0.4) is 0 Å². The Morgan fingerprint density at radius 2 is 1.85 bits per heavy atom. The predicted octanol–water partition coefficient (Wildman–Crippen LogP) is 5.23. The van der Waals surface area contributed by atoms with Crippen LogP contribution in [0.4, 0.5) is 0 Å².